The van der Waals surface area contributed by atoms with E-state index in [9.17, 15) is 4.79 Å². The predicted octanol–water partition coefficient (Wildman–Crippen LogP) is 2.61. The topological polar surface area (TPSA) is 66.9 Å². The number of amides is 1. The highest BCUT2D eigenvalue weighted by atomic mass is 35.5. The van der Waals surface area contributed by atoms with Crippen LogP contribution in [0.5, 0.6) is 0 Å². The fourth-order valence-corrected chi connectivity index (χ4v) is 2.88. The summed E-state index contributed by atoms with van der Waals surface area (Å²) in [7, 11) is 0. The molecule has 1 aromatic heterocycles. The van der Waals surface area contributed by atoms with Crippen molar-refractivity contribution in [1.82, 2.24) is 15.3 Å². The van der Waals surface area contributed by atoms with Crippen molar-refractivity contribution in [1.29, 1.82) is 0 Å². The van der Waals surface area contributed by atoms with Crippen LogP contribution in [0, 0.1) is 5.41 Å². The van der Waals surface area contributed by atoms with Crippen LogP contribution >= 0.6 is 11.6 Å². The summed E-state index contributed by atoms with van der Waals surface area (Å²) in [6.07, 6.45) is 1.61. The smallest absolute Gasteiger partial charge is 0.233 e. The highest BCUT2D eigenvalue weighted by Gasteiger charge is 2.39. The molecule has 1 fully saturated rings. The van der Waals surface area contributed by atoms with Crippen molar-refractivity contribution >= 4 is 34.4 Å². The minimum atomic E-state index is -0.378. The number of nitrogens with zero attached hydrogens (tertiary/aromatic N) is 2. The Bertz CT molecular complexity index is 682. The summed E-state index contributed by atoms with van der Waals surface area (Å²) in [5, 5.41) is 6.32. The van der Waals surface area contributed by atoms with Crippen LogP contribution in [0.2, 0.25) is 5.15 Å². The number of aromatic nitrogens is 2. The highest BCUT2D eigenvalue weighted by molar-refractivity contribution is 6.32. The van der Waals surface area contributed by atoms with Gasteiger partial charge in [-0.05, 0) is 31.5 Å². The number of hydrogen-bond donors (Lipinski definition) is 2. The molecule has 2 N–H and O–H groups in total. The van der Waals surface area contributed by atoms with E-state index >= 15 is 0 Å². The first kappa shape index (κ1) is 14.2. The van der Waals surface area contributed by atoms with E-state index in [4.69, 9.17) is 11.6 Å². The molecule has 0 aliphatic carbocycles. The van der Waals surface area contributed by atoms with E-state index in [0.717, 1.165) is 19.4 Å². The van der Waals surface area contributed by atoms with Crippen LogP contribution in [0.3, 0.4) is 0 Å². The molecule has 1 aliphatic rings. The Hall–Kier alpha value is -1.72. The summed E-state index contributed by atoms with van der Waals surface area (Å²) in [5.74, 6) is 0.293. The molecule has 1 atom stereocenters. The van der Waals surface area contributed by atoms with Gasteiger partial charge in [-0.2, -0.15) is 0 Å². The fraction of sp³-hybridized carbons (Fsp3) is 0.400. The van der Waals surface area contributed by atoms with Crippen molar-refractivity contribution in [2.24, 2.45) is 5.41 Å². The van der Waals surface area contributed by atoms with Gasteiger partial charge in [0.2, 0.25) is 5.91 Å². The standard InChI is InChI=1S/C15H17ClN4O/c1-2-15(7-8-17-9-15)14(21)20-13-12(16)18-10-5-3-4-6-11(10)19-13/h3-6,17H,2,7-9H2,1H3,(H,19,20,21). The van der Waals surface area contributed by atoms with Gasteiger partial charge < -0.3 is 10.6 Å². The molecule has 1 unspecified atom stereocenters. The third kappa shape index (κ3) is 2.59. The molecule has 1 saturated heterocycles. The molecule has 1 aromatic carbocycles. The molecule has 21 heavy (non-hydrogen) atoms. The molecule has 5 nitrogen and oxygen atoms in total. The summed E-state index contributed by atoms with van der Waals surface area (Å²) in [6.45, 7) is 3.58. The van der Waals surface area contributed by atoms with Gasteiger partial charge in [-0.3, -0.25) is 4.79 Å². The molecule has 2 aromatic rings. The maximum absolute atomic E-state index is 12.6. The lowest BCUT2D eigenvalue weighted by molar-refractivity contribution is -0.124. The van der Waals surface area contributed by atoms with Crippen molar-refractivity contribution in [2.45, 2.75) is 19.8 Å². The molecule has 6 heteroatoms. The molecule has 0 bridgehead atoms. The number of anilines is 1. The van der Waals surface area contributed by atoms with E-state index in [0.29, 0.717) is 23.4 Å². The van der Waals surface area contributed by atoms with Crippen LogP contribution in [0.4, 0.5) is 5.82 Å². The van der Waals surface area contributed by atoms with Gasteiger partial charge in [0.05, 0.1) is 16.4 Å². The number of nitrogens with one attached hydrogen (secondary N) is 2. The van der Waals surface area contributed by atoms with E-state index in [-0.39, 0.29) is 16.5 Å². The number of carbonyl (C=O) groups excluding carboxylic acids is 1. The number of fused-ring (bicyclic) bond motifs is 1. The number of benzene rings is 1. The second-order valence-electron chi connectivity index (χ2n) is 5.37. The Morgan fingerprint density at radius 3 is 2.71 bits per heavy atom. The summed E-state index contributed by atoms with van der Waals surface area (Å²) in [4.78, 5) is 21.3. The van der Waals surface area contributed by atoms with E-state index in [2.05, 4.69) is 20.6 Å². The van der Waals surface area contributed by atoms with E-state index in [1.165, 1.54) is 0 Å². The van der Waals surface area contributed by atoms with Crippen molar-refractivity contribution in [3.63, 3.8) is 0 Å². The lowest BCUT2D eigenvalue weighted by Gasteiger charge is -2.25. The first-order chi connectivity index (χ1) is 10.1. The van der Waals surface area contributed by atoms with Crippen LogP contribution in [-0.4, -0.2) is 29.0 Å². The van der Waals surface area contributed by atoms with Crippen molar-refractivity contribution in [3.05, 3.63) is 29.4 Å². The molecule has 1 amide bonds. The Kier molecular flexibility index (Phi) is 3.78. The summed E-state index contributed by atoms with van der Waals surface area (Å²) >= 11 is 6.14. The monoisotopic (exact) mass is 304 g/mol. The van der Waals surface area contributed by atoms with E-state index < -0.39 is 0 Å². The molecule has 3 rings (SSSR count). The van der Waals surface area contributed by atoms with Crippen molar-refractivity contribution in [2.75, 3.05) is 18.4 Å². The quantitative estimate of drug-likeness (QED) is 0.915. The third-order valence-electron chi connectivity index (χ3n) is 4.16. The zero-order valence-corrected chi connectivity index (χ0v) is 12.6. The molecule has 0 saturated carbocycles. The summed E-state index contributed by atoms with van der Waals surface area (Å²) in [6, 6.07) is 7.45. The molecular weight excluding hydrogens is 288 g/mol. The number of para-hydroxylation sites is 2. The Morgan fingerprint density at radius 2 is 2.10 bits per heavy atom. The maximum atomic E-state index is 12.6. The second kappa shape index (κ2) is 5.58. The van der Waals surface area contributed by atoms with Gasteiger partial charge in [0, 0.05) is 6.54 Å². The van der Waals surface area contributed by atoms with Gasteiger partial charge in [-0.15, -0.1) is 0 Å². The van der Waals surface area contributed by atoms with Crippen molar-refractivity contribution < 1.29 is 4.79 Å². The molecule has 2 heterocycles. The largest absolute Gasteiger partial charge is 0.316 e. The fourth-order valence-electron chi connectivity index (χ4n) is 2.70. The molecule has 110 valence electrons. The summed E-state index contributed by atoms with van der Waals surface area (Å²) in [5.41, 5.74) is 1.05. The van der Waals surface area contributed by atoms with Gasteiger partial charge in [0.15, 0.2) is 11.0 Å². The van der Waals surface area contributed by atoms with Gasteiger partial charge in [-0.25, -0.2) is 9.97 Å². The summed E-state index contributed by atoms with van der Waals surface area (Å²) < 4.78 is 0. The lowest BCUT2D eigenvalue weighted by Crippen LogP contribution is -2.37. The predicted molar refractivity (Wildman–Crippen MR) is 83.4 cm³/mol. The Morgan fingerprint density at radius 1 is 1.38 bits per heavy atom. The molecule has 1 aliphatic heterocycles. The molecule has 0 spiro atoms. The average Bonchev–Trinajstić information content (AvgIpc) is 2.98. The maximum Gasteiger partial charge on any atom is 0.233 e. The Balaban J connectivity index is 1.90. The highest BCUT2D eigenvalue weighted by Crippen LogP contribution is 2.32. The van der Waals surface area contributed by atoms with Gasteiger partial charge in [0.25, 0.3) is 0 Å². The first-order valence-corrected chi connectivity index (χ1v) is 7.47. The number of hydrogen-bond acceptors (Lipinski definition) is 4. The lowest BCUT2D eigenvalue weighted by atomic mass is 9.83. The van der Waals surface area contributed by atoms with Crippen LogP contribution in [0.15, 0.2) is 24.3 Å². The number of halogens is 1. The average molecular weight is 305 g/mol. The van der Waals surface area contributed by atoms with E-state index in [1.807, 2.05) is 31.2 Å². The van der Waals surface area contributed by atoms with E-state index in [1.54, 1.807) is 0 Å². The normalized spacial score (nSPS) is 21.6. The number of rotatable bonds is 3. The minimum Gasteiger partial charge on any atom is -0.316 e. The van der Waals surface area contributed by atoms with Crippen LogP contribution < -0.4 is 10.6 Å². The van der Waals surface area contributed by atoms with Gasteiger partial charge >= 0.3 is 0 Å². The molecule has 0 radical (unpaired) electrons. The second-order valence-corrected chi connectivity index (χ2v) is 5.72. The zero-order chi connectivity index (χ0) is 14.9. The minimum absolute atomic E-state index is 0.0403. The van der Waals surface area contributed by atoms with Crippen molar-refractivity contribution in [3.8, 4) is 0 Å². The SMILES string of the molecule is CCC1(C(=O)Nc2nc3ccccc3nc2Cl)CCNC1. The van der Waals surface area contributed by atoms with Crippen LogP contribution in [-0.2, 0) is 4.79 Å². The van der Waals surface area contributed by atoms with Gasteiger partial charge in [-0.1, -0.05) is 30.7 Å². The van der Waals surface area contributed by atoms with Gasteiger partial charge in [0.1, 0.15) is 0 Å². The van der Waals surface area contributed by atoms with Crippen LogP contribution in [0.25, 0.3) is 11.0 Å². The molecular formula is C15H17ClN4O. The first-order valence-electron chi connectivity index (χ1n) is 7.09. The number of carbonyl (C=O) groups is 1. The van der Waals surface area contributed by atoms with Crippen LogP contribution in [0.1, 0.15) is 19.8 Å². The Labute approximate surface area is 128 Å². The third-order valence-corrected chi connectivity index (χ3v) is 4.43. The zero-order valence-electron chi connectivity index (χ0n) is 11.8.